The molecule has 0 unspecified atom stereocenters. The molecule has 0 N–H and O–H groups in total. The van der Waals surface area contributed by atoms with Gasteiger partial charge in [0.1, 0.15) is 0 Å². The van der Waals surface area contributed by atoms with E-state index < -0.39 is 0 Å². The first kappa shape index (κ1) is 14.6. The molecular weight excluding hydrogens is 248 g/mol. The van der Waals surface area contributed by atoms with E-state index in [-0.39, 0.29) is 5.91 Å². The van der Waals surface area contributed by atoms with Crippen LogP contribution in [-0.4, -0.2) is 23.9 Å². The highest BCUT2D eigenvalue weighted by Gasteiger charge is 2.22. The lowest BCUT2D eigenvalue weighted by molar-refractivity contribution is -0.131. The monoisotopic (exact) mass is 270 g/mol. The molecule has 0 spiro atoms. The van der Waals surface area contributed by atoms with Crippen LogP contribution in [0.3, 0.4) is 0 Å². The van der Waals surface area contributed by atoms with Crippen LogP contribution in [-0.2, 0) is 11.2 Å². The summed E-state index contributed by atoms with van der Waals surface area (Å²) in [6, 6.07) is 9.39. The molecule has 1 aromatic rings. The van der Waals surface area contributed by atoms with Crippen molar-refractivity contribution in [2.24, 2.45) is 5.92 Å². The number of rotatable bonds is 4. The molecule has 1 heterocycles. The van der Waals surface area contributed by atoms with Crippen LogP contribution in [0.2, 0.25) is 0 Å². The van der Waals surface area contributed by atoms with Crippen LogP contribution in [0, 0.1) is 17.2 Å². The van der Waals surface area contributed by atoms with Crippen LogP contribution in [0.4, 0.5) is 0 Å². The summed E-state index contributed by atoms with van der Waals surface area (Å²) < 4.78 is 0. The molecule has 20 heavy (non-hydrogen) atoms. The third-order valence-corrected chi connectivity index (χ3v) is 4.10. The molecular formula is C17H22N2O. The Kier molecular flexibility index (Phi) is 5.17. The normalized spacial score (nSPS) is 15.9. The maximum atomic E-state index is 12.2. The van der Waals surface area contributed by atoms with Crippen LogP contribution in [0.1, 0.15) is 43.7 Å². The van der Waals surface area contributed by atoms with Crippen molar-refractivity contribution in [3.05, 3.63) is 35.4 Å². The van der Waals surface area contributed by atoms with Gasteiger partial charge in [-0.2, -0.15) is 5.26 Å². The van der Waals surface area contributed by atoms with Crippen molar-refractivity contribution in [3.8, 4) is 6.07 Å². The summed E-state index contributed by atoms with van der Waals surface area (Å²) in [6.07, 6.45) is 5.27. The highest BCUT2D eigenvalue weighted by molar-refractivity contribution is 5.78. The second kappa shape index (κ2) is 7.09. The largest absolute Gasteiger partial charge is 0.342 e. The zero-order chi connectivity index (χ0) is 14.4. The summed E-state index contributed by atoms with van der Waals surface area (Å²) in [5.41, 5.74) is 1.63. The number of carbonyl (C=O) groups excluding carboxylic acids is 1. The quantitative estimate of drug-likeness (QED) is 0.843. The third-order valence-electron chi connectivity index (χ3n) is 4.10. The van der Waals surface area contributed by atoms with Crippen LogP contribution < -0.4 is 0 Å². The first-order chi connectivity index (χ1) is 9.72. The molecule has 1 fully saturated rings. The summed E-state index contributed by atoms with van der Waals surface area (Å²) in [5.74, 6) is 1.02. The van der Waals surface area contributed by atoms with Gasteiger partial charge in [0.05, 0.1) is 18.1 Å². The maximum Gasteiger partial charge on any atom is 0.226 e. The van der Waals surface area contributed by atoms with E-state index in [0.717, 1.165) is 37.4 Å². The van der Waals surface area contributed by atoms with E-state index in [1.807, 2.05) is 17.0 Å². The molecule has 1 aliphatic rings. The highest BCUT2D eigenvalue weighted by atomic mass is 16.2. The molecule has 0 atom stereocenters. The molecule has 1 aliphatic heterocycles. The van der Waals surface area contributed by atoms with Crippen molar-refractivity contribution in [1.82, 2.24) is 4.90 Å². The van der Waals surface area contributed by atoms with Gasteiger partial charge in [-0.05, 0) is 36.5 Å². The average Bonchev–Trinajstić information content (AvgIpc) is 2.49. The Labute approximate surface area is 121 Å². The fraction of sp³-hybridized carbons (Fsp3) is 0.529. The lowest BCUT2D eigenvalue weighted by Crippen LogP contribution is -2.39. The highest BCUT2D eigenvalue weighted by Crippen LogP contribution is 2.22. The van der Waals surface area contributed by atoms with Gasteiger partial charge >= 0.3 is 0 Å². The van der Waals surface area contributed by atoms with Gasteiger partial charge in [0, 0.05) is 13.1 Å². The number of carbonyl (C=O) groups is 1. The minimum Gasteiger partial charge on any atom is -0.342 e. The van der Waals surface area contributed by atoms with Crippen molar-refractivity contribution in [2.45, 2.75) is 39.0 Å². The van der Waals surface area contributed by atoms with Crippen LogP contribution >= 0.6 is 0 Å². The van der Waals surface area contributed by atoms with Crippen LogP contribution in [0.5, 0.6) is 0 Å². The fourth-order valence-electron chi connectivity index (χ4n) is 2.86. The Hall–Kier alpha value is -1.82. The molecule has 0 aliphatic carbocycles. The van der Waals surface area contributed by atoms with Crippen molar-refractivity contribution in [2.75, 3.05) is 13.1 Å². The smallest absolute Gasteiger partial charge is 0.226 e. The van der Waals surface area contributed by atoms with Gasteiger partial charge in [0.15, 0.2) is 0 Å². The summed E-state index contributed by atoms with van der Waals surface area (Å²) in [7, 11) is 0. The van der Waals surface area contributed by atoms with Crippen LogP contribution in [0.25, 0.3) is 0 Å². The van der Waals surface area contributed by atoms with E-state index in [9.17, 15) is 4.79 Å². The number of hydrogen-bond acceptors (Lipinski definition) is 2. The van der Waals surface area contributed by atoms with Gasteiger partial charge in [0.2, 0.25) is 5.91 Å². The SMILES string of the molecule is CCCC1CCN(C(=O)Cc2ccc(C#N)cc2)CC1. The number of nitrogens with zero attached hydrogens (tertiary/aromatic N) is 2. The summed E-state index contributed by atoms with van der Waals surface area (Å²) in [6.45, 7) is 4.03. The Balaban J connectivity index is 1.84. The first-order valence-corrected chi connectivity index (χ1v) is 7.49. The molecule has 2 rings (SSSR count). The Morgan fingerprint density at radius 1 is 1.30 bits per heavy atom. The predicted molar refractivity (Wildman–Crippen MR) is 79.1 cm³/mol. The average molecular weight is 270 g/mol. The molecule has 0 bridgehead atoms. The second-order valence-electron chi connectivity index (χ2n) is 5.60. The van der Waals surface area contributed by atoms with Crippen molar-refractivity contribution < 1.29 is 4.79 Å². The summed E-state index contributed by atoms with van der Waals surface area (Å²) in [5, 5.41) is 8.76. The Morgan fingerprint density at radius 3 is 2.50 bits per heavy atom. The van der Waals surface area contributed by atoms with Crippen LogP contribution in [0.15, 0.2) is 24.3 Å². The number of benzene rings is 1. The summed E-state index contributed by atoms with van der Waals surface area (Å²) in [4.78, 5) is 14.2. The second-order valence-corrected chi connectivity index (χ2v) is 5.60. The lowest BCUT2D eigenvalue weighted by atomic mass is 9.92. The zero-order valence-electron chi connectivity index (χ0n) is 12.1. The van der Waals surface area contributed by atoms with E-state index in [2.05, 4.69) is 13.0 Å². The summed E-state index contributed by atoms with van der Waals surface area (Å²) >= 11 is 0. The zero-order valence-corrected chi connectivity index (χ0v) is 12.1. The molecule has 3 heteroatoms. The number of likely N-dealkylation sites (tertiary alicyclic amines) is 1. The van der Waals surface area contributed by atoms with Gasteiger partial charge in [-0.3, -0.25) is 4.79 Å². The number of piperidine rings is 1. The molecule has 106 valence electrons. The number of amides is 1. The Bertz CT molecular complexity index is 479. The van der Waals surface area contributed by atoms with E-state index in [0.29, 0.717) is 12.0 Å². The maximum absolute atomic E-state index is 12.2. The molecule has 1 aromatic carbocycles. The molecule has 0 saturated carbocycles. The first-order valence-electron chi connectivity index (χ1n) is 7.49. The number of nitriles is 1. The van der Waals surface area contributed by atoms with Gasteiger partial charge in [0.25, 0.3) is 0 Å². The predicted octanol–water partition coefficient (Wildman–Crippen LogP) is 3.14. The number of hydrogen-bond donors (Lipinski definition) is 0. The van der Waals surface area contributed by atoms with E-state index in [1.54, 1.807) is 12.1 Å². The molecule has 3 nitrogen and oxygen atoms in total. The Morgan fingerprint density at radius 2 is 1.95 bits per heavy atom. The third kappa shape index (κ3) is 3.84. The van der Waals surface area contributed by atoms with E-state index in [4.69, 9.17) is 5.26 Å². The minimum atomic E-state index is 0.213. The molecule has 0 radical (unpaired) electrons. The van der Waals surface area contributed by atoms with E-state index >= 15 is 0 Å². The fourth-order valence-corrected chi connectivity index (χ4v) is 2.86. The topological polar surface area (TPSA) is 44.1 Å². The van der Waals surface area contributed by atoms with Crippen molar-refractivity contribution in [1.29, 1.82) is 5.26 Å². The standard InChI is InChI=1S/C17H22N2O/c1-2-3-14-8-10-19(11-9-14)17(20)12-15-4-6-16(13-18)7-5-15/h4-7,14H,2-3,8-12H2,1H3. The van der Waals surface area contributed by atoms with E-state index in [1.165, 1.54) is 12.8 Å². The van der Waals surface area contributed by atoms with Gasteiger partial charge in [-0.25, -0.2) is 0 Å². The molecule has 1 saturated heterocycles. The van der Waals surface area contributed by atoms with Crippen molar-refractivity contribution >= 4 is 5.91 Å². The minimum absolute atomic E-state index is 0.213. The molecule has 0 aromatic heterocycles. The van der Waals surface area contributed by atoms with Crippen molar-refractivity contribution in [3.63, 3.8) is 0 Å². The van der Waals surface area contributed by atoms with Gasteiger partial charge in [-0.15, -0.1) is 0 Å². The van der Waals surface area contributed by atoms with Gasteiger partial charge < -0.3 is 4.90 Å². The lowest BCUT2D eigenvalue weighted by Gasteiger charge is -2.32. The molecule has 1 amide bonds. The van der Waals surface area contributed by atoms with Gasteiger partial charge in [-0.1, -0.05) is 31.9 Å².